The average molecular weight is 357 g/mol. The van der Waals surface area contributed by atoms with Crippen LogP contribution in [0, 0.1) is 28.4 Å². The first-order chi connectivity index (χ1) is 11.9. The Kier molecular flexibility index (Phi) is 5.71. The van der Waals surface area contributed by atoms with E-state index in [0.717, 1.165) is 11.8 Å². The first-order valence-electron chi connectivity index (χ1n) is 7.10. The molecule has 2 N–H and O–H groups in total. The number of carbonyl (C=O) groups excluding carboxylic acids is 1. The molecule has 0 aliphatic carbocycles. The summed E-state index contributed by atoms with van der Waals surface area (Å²) in [5, 5.41) is 25.5. The van der Waals surface area contributed by atoms with Gasteiger partial charge in [-0.2, -0.15) is 5.26 Å². The molecule has 0 spiro atoms. The van der Waals surface area contributed by atoms with E-state index < -0.39 is 10.8 Å². The molecule has 0 bridgehead atoms. The van der Waals surface area contributed by atoms with Gasteiger partial charge in [0.1, 0.15) is 11.6 Å². The van der Waals surface area contributed by atoms with Crippen LogP contribution in [0.3, 0.4) is 0 Å². The van der Waals surface area contributed by atoms with Crippen molar-refractivity contribution >= 4 is 34.6 Å². The summed E-state index contributed by atoms with van der Waals surface area (Å²) in [4.78, 5) is 22.4. The molecule has 0 fully saturated rings. The molecule has 2 aromatic rings. The molecule has 2 aromatic carbocycles. The molecule has 0 heterocycles. The van der Waals surface area contributed by atoms with E-state index in [-0.39, 0.29) is 22.0 Å². The molecule has 0 aromatic heterocycles. The molecule has 8 heteroatoms. The molecule has 0 radical (unpaired) electrons. The fourth-order valence-corrected chi connectivity index (χ4v) is 2.11. The number of carbonyl (C=O) groups is 1. The van der Waals surface area contributed by atoms with E-state index in [1.54, 1.807) is 18.2 Å². The van der Waals surface area contributed by atoms with Crippen molar-refractivity contribution in [2.45, 2.75) is 6.92 Å². The van der Waals surface area contributed by atoms with Crippen LogP contribution in [-0.2, 0) is 4.79 Å². The summed E-state index contributed by atoms with van der Waals surface area (Å²) in [7, 11) is 0. The second-order valence-electron chi connectivity index (χ2n) is 5.00. The minimum atomic E-state index is -0.606. The van der Waals surface area contributed by atoms with Gasteiger partial charge in [0.05, 0.1) is 15.6 Å². The Balaban J connectivity index is 2.19. The van der Waals surface area contributed by atoms with Gasteiger partial charge in [-0.25, -0.2) is 0 Å². The topological polar surface area (TPSA) is 108 Å². The highest BCUT2D eigenvalue weighted by atomic mass is 35.5. The number of benzene rings is 2. The van der Waals surface area contributed by atoms with Crippen LogP contribution in [0.2, 0.25) is 5.02 Å². The smallest absolute Gasteiger partial charge is 0.271 e. The van der Waals surface area contributed by atoms with Crippen LogP contribution < -0.4 is 10.6 Å². The SMILES string of the molecule is Cc1ccccc1NC(=O)/C(C#N)=C\Nc1cc([N+](=O)[O-])ccc1Cl. The Morgan fingerprint density at radius 1 is 1.28 bits per heavy atom. The maximum Gasteiger partial charge on any atom is 0.271 e. The molecule has 0 aliphatic rings. The van der Waals surface area contributed by atoms with Crippen molar-refractivity contribution in [3.05, 3.63) is 74.9 Å². The van der Waals surface area contributed by atoms with Gasteiger partial charge in [0.15, 0.2) is 0 Å². The van der Waals surface area contributed by atoms with E-state index in [1.807, 2.05) is 19.1 Å². The zero-order valence-electron chi connectivity index (χ0n) is 13.1. The van der Waals surface area contributed by atoms with Crippen LogP contribution in [0.5, 0.6) is 0 Å². The van der Waals surface area contributed by atoms with Gasteiger partial charge < -0.3 is 10.6 Å². The minimum Gasteiger partial charge on any atom is -0.359 e. The van der Waals surface area contributed by atoms with Crippen LogP contribution in [0.15, 0.2) is 54.2 Å². The number of aryl methyl sites for hydroxylation is 1. The van der Waals surface area contributed by atoms with Gasteiger partial charge in [-0.05, 0) is 24.6 Å². The van der Waals surface area contributed by atoms with Gasteiger partial charge in [-0.15, -0.1) is 0 Å². The number of hydrogen-bond acceptors (Lipinski definition) is 5. The summed E-state index contributed by atoms with van der Waals surface area (Å²) >= 11 is 5.96. The lowest BCUT2D eigenvalue weighted by Gasteiger charge is -2.08. The molecule has 7 nitrogen and oxygen atoms in total. The van der Waals surface area contributed by atoms with Crippen LogP contribution >= 0.6 is 11.6 Å². The van der Waals surface area contributed by atoms with Crippen LogP contribution in [0.4, 0.5) is 17.1 Å². The number of nitro benzene ring substituents is 1. The van der Waals surface area contributed by atoms with Gasteiger partial charge in [0.25, 0.3) is 11.6 Å². The summed E-state index contributed by atoms with van der Waals surface area (Å²) in [5.41, 5.74) is 1.28. The third kappa shape index (κ3) is 4.56. The van der Waals surface area contributed by atoms with Crippen molar-refractivity contribution in [1.29, 1.82) is 5.26 Å². The molecular formula is C17H13ClN4O3. The largest absolute Gasteiger partial charge is 0.359 e. The van der Waals surface area contributed by atoms with Gasteiger partial charge >= 0.3 is 0 Å². The second-order valence-corrected chi connectivity index (χ2v) is 5.41. The van der Waals surface area contributed by atoms with Gasteiger partial charge in [-0.1, -0.05) is 29.8 Å². The third-order valence-electron chi connectivity index (χ3n) is 3.29. The van der Waals surface area contributed by atoms with Crippen molar-refractivity contribution in [1.82, 2.24) is 0 Å². The number of nitrogens with zero attached hydrogens (tertiary/aromatic N) is 2. The van der Waals surface area contributed by atoms with Crippen LogP contribution in [0.25, 0.3) is 0 Å². The minimum absolute atomic E-state index is 0.164. The number of hydrogen-bond donors (Lipinski definition) is 2. The van der Waals surface area contributed by atoms with E-state index in [1.165, 1.54) is 18.2 Å². The number of rotatable bonds is 5. The predicted molar refractivity (Wildman–Crippen MR) is 95.2 cm³/mol. The molecule has 0 saturated carbocycles. The van der Waals surface area contributed by atoms with Crippen molar-refractivity contribution < 1.29 is 9.72 Å². The summed E-state index contributed by atoms with van der Waals surface area (Å²) in [6.07, 6.45) is 1.15. The number of nitro groups is 1. The zero-order valence-corrected chi connectivity index (χ0v) is 13.9. The Labute approximate surface area is 148 Å². The number of para-hydroxylation sites is 1. The van der Waals surface area contributed by atoms with Crippen molar-refractivity contribution in [2.75, 3.05) is 10.6 Å². The fourth-order valence-electron chi connectivity index (χ4n) is 1.94. The van der Waals surface area contributed by atoms with Crippen molar-refractivity contribution in [2.24, 2.45) is 0 Å². The summed E-state index contributed by atoms with van der Waals surface area (Å²) < 4.78 is 0. The molecule has 0 unspecified atom stereocenters. The number of nitrogens with one attached hydrogen (secondary N) is 2. The van der Waals surface area contributed by atoms with Crippen molar-refractivity contribution in [3.63, 3.8) is 0 Å². The standard InChI is InChI=1S/C17H13ClN4O3/c1-11-4-2-3-5-15(11)21-17(23)12(9-19)10-20-16-8-13(22(24)25)6-7-14(16)18/h2-8,10,20H,1H3,(H,21,23)/b12-10-. The molecule has 126 valence electrons. The van der Waals surface area contributed by atoms with E-state index >= 15 is 0 Å². The van der Waals surface area contributed by atoms with E-state index in [9.17, 15) is 20.2 Å². The first-order valence-corrected chi connectivity index (χ1v) is 7.48. The average Bonchev–Trinajstić information content (AvgIpc) is 2.58. The summed E-state index contributed by atoms with van der Waals surface area (Å²) in [6, 6.07) is 12.7. The Morgan fingerprint density at radius 2 is 2.00 bits per heavy atom. The lowest BCUT2D eigenvalue weighted by Crippen LogP contribution is -2.15. The second kappa shape index (κ2) is 7.95. The summed E-state index contributed by atoms with van der Waals surface area (Å²) in [6.45, 7) is 1.83. The number of amides is 1. The van der Waals surface area contributed by atoms with Crippen LogP contribution in [-0.4, -0.2) is 10.8 Å². The molecule has 0 atom stereocenters. The Hall–Kier alpha value is -3.37. The lowest BCUT2D eigenvalue weighted by atomic mass is 10.2. The zero-order chi connectivity index (χ0) is 18.4. The monoisotopic (exact) mass is 356 g/mol. The highest BCUT2D eigenvalue weighted by Crippen LogP contribution is 2.26. The van der Waals surface area contributed by atoms with Crippen LogP contribution in [0.1, 0.15) is 5.56 Å². The number of anilines is 2. The molecular weight excluding hydrogens is 344 g/mol. The molecule has 0 aliphatic heterocycles. The maximum absolute atomic E-state index is 12.2. The predicted octanol–water partition coefficient (Wildman–Crippen LogP) is 4.01. The Bertz CT molecular complexity index is 903. The lowest BCUT2D eigenvalue weighted by molar-refractivity contribution is -0.384. The highest BCUT2D eigenvalue weighted by Gasteiger charge is 2.12. The molecule has 0 saturated heterocycles. The van der Waals surface area contributed by atoms with E-state index in [4.69, 9.17) is 11.6 Å². The first kappa shape index (κ1) is 18.0. The molecule has 25 heavy (non-hydrogen) atoms. The Morgan fingerprint density at radius 3 is 2.64 bits per heavy atom. The fraction of sp³-hybridized carbons (Fsp3) is 0.0588. The number of non-ortho nitro benzene ring substituents is 1. The number of nitriles is 1. The van der Waals surface area contributed by atoms with Gasteiger partial charge in [0, 0.05) is 24.0 Å². The van der Waals surface area contributed by atoms with Crippen molar-refractivity contribution in [3.8, 4) is 6.07 Å². The summed E-state index contributed by atoms with van der Waals surface area (Å²) in [5.74, 6) is -0.606. The van der Waals surface area contributed by atoms with E-state index in [2.05, 4.69) is 10.6 Å². The van der Waals surface area contributed by atoms with Gasteiger partial charge in [-0.3, -0.25) is 14.9 Å². The molecule has 2 rings (SSSR count). The quantitative estimate of drug-likeness (QED) is 0.364. The molecule has 1 amide bonds. The van der Waals surface area contributed by atoms with Gasteiger partial charge in [0.2, 0.25) is 0 Å². The number of halogens is 1. The highest BCUT2D eigenvalue weighted by molar-refractivity contribution is 6.33. The normalized spacial score (nSPS) is 10.7. The van der Waals surface area contributed by atoms with E-state index in [0.29, 0.717) is 5.69 Å². The third-order valence-corrected chi connectivity index (χ3v) is 3.62. The maximum atomic E-state index is 12.2.